The number of nitrogens with zero attached hydrogens (tertiary/aromatic N) is 1. The van der Waals surface area contributed by atoms with Gasteiger partial charge in [0.05, 0.1) is 12.3 Å². The molecule has 0 saturated heterocycles. The van der Waals surface area contributed by atoms with Crippen LogP contribution in [-0.4, -0.2) is 41.5 Å². The van der Waals surface area contributed by atoms with E-state index >= 15 is 0 Å². The molecule has 142 valence electrons. The summed E-state index contributed by atoms with van der Waals surface area (Å²) >= 11 is 0.542. The van der Waals surface area contributed by atoms with Gasteiger partial charge in [-0.05, 0) is 45.7 Å². The van der Waals surface area contributed by atoms with Gasteiger partial charge < -0.3 is 19.4 Å². The Bertz CT molecular complexity index is 556. The molecule has 0 aromatic carbocycles. The van der Waals surface area contributed by atoms with Crippen molar-refractivity contribution in [2.75, 3.05) is 13.1 Å². The SMILES string of the molecule is CC(C)(C)OC(=O)N(CCNCc1ccc(CSC(F)F)o1)C1CC1. The van der Waals surface area contributed by atoms with Crippen LogP contribution in [0.5, 0.6) is 0 Å². The van der Waals surface area contributed by atoms with Gasteiger partial charge in [-0.2, -0.15) is 8.78 Å². The van der Waals surface area contributed by atoms with E-state index in [4.69, 9.17) is 9.15 Å². The first-order chi connectivity index (χ1) is 11.7. The average Bonchev–Trinajstić information content (AvgIpc) is 3.22. The van der Waals surface area contributed by atoms with E-state index in [9.17, 15) is 13.6 Å². The van der Waals surface area contributed by atoms with Crippen molar-refractivity contribution in [2.24, 2.45) is 0 Å². The minimum atomic E-state index is -2.40. The highest BCUT2D eigenvalue weighted by molar-refractivity contribution is 7.98. The maximum Gasteiger partial charge on any atom is 0.410 e. The van der Waals surface area contributed by atoms with Crippen molar-refractivity contribution in [3.8, 4) is 0 Å². The van der Waals surface area contributed by atoms with Crippen molar-refractivity contribution in [1.29, 1.82) is 0 Å². The second-order valence-corrected chi connectivity index (χ2v) is 8.00. The third kappa shape index (κ3) is 7.64. The van der Waals surface area contributed by atoms with Crippen LogP contribution in [0.2, 0.25) is 0 Å². The number of thioether (sulfide) groups is 1. The highest BCUT2D eigenvalue weighted by Crippen LogP contribution is 2.28. The van der Waals surface area contributed by atoms with Crippen LogP contribution in [0.25, 0.3) is 0 Å². The van der Waals surface area contributed by atoms with E-state index in [1.165, 1.54) is 0 Å². The van der Waals surface area contributed by atoms with Gasteiger partial charge in [0.1, 0.15) is 17.1 Å². The van der Waals surface area contributed by atoms with Crippen molar-refractivity contribution in [3.63, 3.8) is 0 Å². The molecule has 1 aromatic heterocycles. The highest BCUT2D eigenvalue weighted by Gasteiger charge is 2.34. The van der Waals surface area contributed by atoms with Crippen LogP contribution in [0.3, 0.4) is 0 Å². The summed E-state index contributed by atoms with van der Waals surface area (Å²) in [6.07, 6.45) is 1.76. The number of hydrogen-bond acceptors (Lipinski definition) is 5. The van der Waals surface area contributed by atoms with Gasteiger partial charge in [-0.3, -0.25) is 0 Å². The van der Waals surface area contributed by atoms with E-state index in [1.54, 1.807) is 17.0 Å². The summed E-state index contributed by atoms with van der Waals surface area (Å²) in [6, 6.07) is 3.77. The minimum absolute atomic E-state index is 0.159. The molecule has 1 aliphatic carbocycles. The number of ether oxygens (including phenoxy) is 1. The summed E-state index contributed by atoms with van der Waals surface area (Å²) in [5, 5.41) is 3.21. The molecule has 0 radical (unpaired) electrons. The molecule has 0 spiro atoms. The molecule has 8 heteroatoms. The first kappa shape index (κ1) is 20.0. The molecule has 5 nitrogen and oxygen atoms in total. The molecule has 1 heterocycles. The molecular formula is C17H26F2N2O3S. The number of furan rings is 1. The fourth-order valence-corrected chi connectivity index (χ4v) is 2.73. The molecule has 1 aromatic rings. The van der Waals surface area contributed by atoms with E-state index in [0.29, 0.717) is 42.9 Å². The zero-order valence-corrected chi connectivity index (χ0v) is 15.7. The standard InChI is InChI=1S/C17H26F2N2O3S/c1-17(2,3)24-16(22)21(12-4-5-12)9-8-20-10-13-6-7-14(23-13)11-25-15(18)19/h6-7,12,15,20H,4-5,8-11H2,1-3H3. The molecule has 1 amide bonds. The quantitative estimate of drug-likeness (QED) is 0.654. The number of halogens is 2. The highest BCUT2D eigenvalue weighted by atomic mass is 32.2. The Kier molecular flexibility index (Phi) is 7.13. The first-order valence-corrected chi connectivity index (χ1v) is 9.47. The summed E-state index contributed by atoms with van der Waals surface area (Å²) in [5.74, 6) is -1.00. The summed E-state index contributed by atoms with van der Waals surface area (Å²) in [5.41, 5.74) is -0.502. The molecule has 2 rings (SSSR count). The number of carbonyl (C=O) groups excluding carboxylic acids is 1. The van der Waals surface area contributed by atoms with E-state index < -0.39 is 11.4 Å². The van der Waals surface area contributed by atoms with Crippen LogP contribution < -0.4 is 5.32 Å². The maximum atomic E-state index is 12.2. The van der Waals surface area contributed by atoms with Gasteiger partial charge in [0.2, 0.25) is 0 Å². The smallest absolute Gasteiger partial charge is 0.410 e. The number of carbonyl (C=O) groups is 1. The van der Waals surface area contributed by atoms with Gasteiger partial charge in [-0.25, -0.2) is 4.79 Å². The molecule has 0 aliphatic heterocycles. The van der Waals surface area contributed by atoms with E-state index in [-0.39, 0.29) is 17.9 Å². The third-order valence-electron chi connectivity index (χ3n) is 3.51. The fourth-order valence-electron chi connectivity index (χ4n) is 2.28. The van der Waals surface area contributed by atoms with E-state index in [0.717, 1.165) is 12.8 Å². The Balaban J connectivity index is 1.71. The lowest BCUT2D eigenvalue weighted by Gasteiger charge is -2.27. The Morgan fingerprint density at radius 2 is 2.08 bits per heavy atom. The maximum absolute atomic E-state index is 12.2. The van der Waals surface area contributed by atoms with Gasteiger partial charge >= 0.3 is 6.09 Å². The van der Waals surface area contributed by atoms with Crippen molar-refractivity contribution in [3.05, 3.63) is 23.7 Å². The van der Waals surface area contributed by atoms with Gasteiger partial charge in [0.15, 0.2) is 0 Å². The number of nitrogens with one attached hydrogen (secondary N) is 1. The van der Waals surface area contributed by atoms with Crippen molar-refractivity contribution >= 4 is 17.9 Å². The lowest BCUT2D eigenvalue weighted by Crippen LogP contribution is -2.41. The van der Waals surface area contributed by atoms with E-state index in [2.05, 4.69) is 5.32 Å². The Morgan fingerprint density at radius 3 is 2.68 bits per heavy atom. The van der Waals surface area contributed by atoms with Crippen LogP contribution in [-0.2, 0) is 17.0 Å². The zero-order valence-electron chi connectivity index (χ0n) is 14.9. The molecule has 0 unspecified atom stereocenters. The van der Waals surface area contributed by atoms with E-state index in [1.807, 2.05) is 20.8 Å². The summed E-state index contributed by atoms with van der Waals surface area (Å²) < 4.78 is 35.2. The Hall–Kier alpha value is -1.28. The largest absolute Gasteiger partial charge is 0.464 e. The molecule has 0 atom stereocenters. The van der Waals surface area contributed by atoms with Crippen LogP contribution in [0.4, 0.5) is 13.6 Å². The minimum Gasteiger partial charge on any atom is -0.464 e. The van der Waals surface area contributed by atoms with Crippen molar-refractivity contribution in [2.45, 2.75) is 63.3 Å². The summed E-state index contributed by atoms with van der Waals surface area (Å²) in [7, 11) is 0. The lowest BCUT2D eigenvalue weighted by atomic mass is 10.2. The van der Waals surface area contributed by atoms with Crippen molar-refractivity contribution in [1.82, 2.24) is 10.2 Å². The second-order valence-electron chi connectivity index (χ2n) is 7.02. The van der Waals surface area contributed by atoms with Gasteiger partial charge in [-0.15, -0.1) is 0 Å². The fraction of sp³-hybridized carbons (Fsp3) is 0.706. The zero-order chi connectivity index (χ0) is 18.4. The van der Waals surface area contributed by atoms with Crippen LogP contribution in [0, 0.1) is 0 Å². The average molecular weight is 376 g/mol. The number of alkyl halides is 2. The molecule has 1 saturated carbocycles. The molecular weight excluding hydrogens is 350 g/mol. The lowest BCUT2D eigenvalue weighted by molar-refractivity contribution is 0.0235. The molecule has 1 fully saturated rings. The third-order valence-corrected chi connectivity index (χ3v) is 4.22. The monoisotopic (exact) mass is 376 g/mol. The van der Waals surface area contributed by atoms with Crippen LogP contribution in [0.1, 0.15) is 45.1 Å². The predicted octanol–water partition coefficient (Wildman–Crippen LogP) is 4.22. The van der Waals surface area contributed by atoms with Crippen molar-refractivity contribution < 1.29 is 22.7 Å². The number of amides is 1. The molecule has 1 N–H and O–H groups in total. The van der Waals surface area contributed by atoms with Gasteiger partial charge in [-0.1, -0.05) is 11.8 Å². The number of rotatable bonds is 9. The Morgan fingerprint density at radius 1 is 1.40 bits per heavy atom. The topological polar surface area (TPSA) is 54.7 Å². The van der Waals surface area contributed by atoms with Gasteiger partial charge in [0, 0.05) is 19.1 Å². The second kappa shape index (κ2) is 8.89. The summed E-state index contributed by atoms with van der Waals surface area (Å²) in [6.45, 7) is 7.23. The first-order valence-electron chi connectivity index (χ1n) is 8.42. The van der Waals surface area contributed by atoms with Crippen LogP contribution in [0.15, 0.2) is 16.5 Å². The molecule has 25 heavy (non-hydrogen) atoms. The number of hydrogen-bond donors (Lipinski definition) is 1. The summed E-state index contributed by atoms with van der Waals surface area (Å²) in [4.78, 5) is 14.0. The predicted molar refractivity (Wildman–Crippen MR) is 93.7 cm³/mol. The normalized spacial score (nSPS) is 14.8. The van der Waals surface area contributed by atoms with Gasteiger partial charge in [0.25, 0.3) is 5.76 Å². The molecule has 0 bridgehead atoms. The Labute approximate surface area is 151 Å². The van der Waals surface area contributed by atoms with Crippen LogP contribution >= 0.6 is 11.8 Å². The molecule has 1 aliphatic rings.